The number of hydrogen-bond donors (Lipinski definition) is 2. The number of anilines is 1. The van der Waals surface area contributed by atoms with E-state index in [1.54, 1.807) is 24.4 Å². The van der Waals surface area contributed by atoms with Gasteiger partial charge in [0.2, 0.25) is 5.92 Å². The maximum Gasteiger partial charge on any atom is 0.251 e. The molecule has 1 aromatic carbocycles. The van der Waals surface area contributed by atoms with Crippen LogP contribution in [0.1, 0.15) is 35.8 Å². The Labute approximate surface area is 145 Å². The molecule has 0 saturated heterocycles. The number of amides is 1. The second kappa shape index (κ2) is 7.17. The first kappa shape index (κ1) is 17.3. The fourth-order valence-electron chi connectivity index (χ4n) is 2.97. The molecule has 0 spiro atoms. The van der Waals surface area contributed by atoms with Crippen LogP contribution in [0.4, 0.5) is 14.5 Å². The second-order valence-electron chi connectivity index (χ2n) is 6.54. The minimum Gasteiger partial charge on any atom is -0.382 e. The highest BCUT2D eigenvalue weighted by atomic mass is 19.3. The highest BCUT2D eigenvalue weighted by Gasteiger charge is 2.47. The highest BCUT2D eigenvalue weighted by Crippen LogP contribution is 2.44. The largest absolute Gasteiger partial charge is 0.382 e. The number of pyridine rings is 1. The number of halogens is 2. The van der Waals surface area contributed by atoms with Gasteiger partial charge in [-0.15, -0.1) is 0 Å². The molecule has 0 aliphatic heterocycles. The van der Waals surface area contributed by atoms with Gasteiger partial charge in [-0.2, -0.15) is 0 Å². The van der Waals surface area contributed by atoms with Crippen LogP contribution in [0.15, 0.2) is 48.7 Å². The smallest absolute Gasteiger partial charge is 0.251 e. The molecule has 4 nitrogen and oxygen atoms in total. The van der Waals surface area contributed by atoms with Crippen molar-refractivity contribution in [1.82, 2.24) is 10.3 Å². The summed E-state index contributed by atoms with van der Waals surface area (Å²) in [5, 5.41) is 6.05. The lowest BCUT2D eigenvalue weighted by atomic mass is 9.77. The molecule has 1 fully saturated rings. The van der Waals surface area contributed by atoms with Gasteiger partial charge in [-0.1, -0.05) is 12.1 Å². The molecule has 0 radical (unpaired) electrons. The van der Waals surface area contributed by atoms with Gasteiger partial charge in [0.15, 0.2) is 0 Å². The maximum absolute atomic E-state index is 13.0. The summed E-state index contributed by atoms with van der Waals surface area (Å²) in [6, 6.07) is 12.5. The van der Waals surface area contributed by atoms with Gasteiger partial charge in [0.05, 0.1) is 12.2 Å². The first-order valence-electron chi connectivity index (χ1n) is 8.35. The molecule has 1 atom stereocenters. The molecule has 25 heavy (non-hydrogen) atoms. The average Bonchev–Trinajstić information content (AvgIpc) is 2.58. The molecule has 2 N–H and O–H groups in total. The molecule has 1 saturated carbocycles. The number of aromatic nitrogens is 1. The minimum atomic E-state index is -2.52. The fourth-order valence-corrected chi connectivity index (χ4v) is 2.97. The number of benzene rings is 1. The third kappa shape index (κ3) is 4.53. The molecular formula is C19H21F2N3O. The lowest BCUT2D eigenvalue weighted by molar-refractivity contribution is -0.113. The summed E-state index contributed by atoms with van der Waals surface area (Å²) >= 11 is 0. The van der Waals surface area contributed by atoms with Crippen LogP contribution in [0.25, 0.3) is 0 Å². The third-order valence-electron chi connectivity index (χ3n) is 4.50. The van der Waals surface area contributed by atoms with E-state index in [0.717, 1.165) is 11.4 Å². The van der Waals surface area contributed by atoms with E-state index in [9.17, 15) is 13.6 Å². The topological polar surface area (TPSA) is 54.0 Å². The van der Waals surface area contributed by atoms with E-state index >= 15 is 0 Å². The molecule has 6 heteroatoms. The molecule has 1 aliphatic carbocycles. The van der Waals surface area contributed by atoms with Crippen LogP contribution < -0.4 is 10.6 Å². The lowest BCUT2D eigenvalue weighted by Crippen LogP contribution is -2.43. The molecule has 1 heterocycles. The van der Waals surface area contributed by atoms with Gasteiger partial charge in [0.25, 0.3) is 5.91 Å². The van der Waals surface area contributed by atoms with Crippen molar-refractivity contribution in [1.29, 1.82) is 0 Å². The highest BCUT2D eigenvalue weighted by molar-refractivity contribution is 5.95. The van der Waals surface area contributed by atoms with Crippen molar-refractivity contribution in [3.05, 3.63) is 59.9 Å². The molecule has 0 bridgehead atoms. The van der Waals surface area contributed by atoms with E-state index in [-0.39, 0.29) is 30.7 Å². The van der Waals surface area contributed by atoms with Crippen molar-refractivity contribution in [2.75, 3.05) is 5.32 Å². The van der Waals surface area contributed by atoms with Crippen LogP contribution in [-0.2, 0) is 6.54 Å². The minimum absolute atomic E-state index is 0.0448. The molecular weight excluding hydrogens is 324 g/mol. The molecule has 1 aliphatic rings. The van der Waals surface area contributed by atoms with Gasteiger partial charge in [-0.3, -0.25) is 9.78 Å². The van der Waals surface area contributed by atoms with E-state index in [1.807, 2.05) is 31.2 Å². The van der Waals surface area contributed by atoms with E-state index < -0.39 is 5.92 Å². The Bertz CT molecular complexity index is 728. The first-order chi connectivity index (χ1) is 11.9. The van der Waals surface area contributed by atoms with Crippen molar-refractivity contribution in [2.45, 2.75) is 38.3 Å². The van der Waals surface area contributed by atoms with Gasteiger partial charge in [0.1, 0.15) is 0 Å². The summed E-state index contributed by atoms with van der Waals surface area (Å²) in [7, 11) is 0. The van der Waals surface area contributed by atoms with Crippen LogP contribution in [0.2, 0.25) is 0 Å². The summed E-state index contributed by atoms with van der Waals surface area (Å²) in [6.07, 6.45) is 1.52. The van der Waals surface area contributed by atoms with Crippen LogP contribution >= 0.6 is 0 Å². The Kier molecular flexibility index (Phi) is 4.97. The summed E-state index contributed by atoms with van der Waals surface area (Å²) in [5.74, 6) is -2.76. The Morgan fingerprint density at radius 2 is 2.08 bits per heavy atom. The molecule has 3 rings (SSSR count). The Hall–Kier alpha value is -2.50. The Balaban J connectivity index is 1.56. The monoisotopic (exact) mass is 345 g/mol. The van der Waals surface area contributed by atoms with Crippen molar-refractivity contribution in [2.24, 2.45) is 5.92 Å². The van der Waals surface area contributed by atoms with E-state index in [1.165, 1.54) is 0 Å². The molecule has 1 unspecified atom stereocenters. The normalized spacial score (nSPS) is 17.4. The number of carbonyl (C=O) groups is 1. The number of hydrogen-bond acceptors (Lipinski definition) is 3. The van der Waals surface area contributed by atoms with Crippen LogP contribution in [0.5, 0.6) is 0 Å². The lowest BCUT2D eigenvalue weighted by Gasteiger charge is -2.39. The number of alkyl halides is 2. The SMILES string of the molecule is CC(Nc1cccc(C(=O)NCc2ccccn2)c1)C1CC(F)(F)C1. The molecule has 1 amide bonds. The third-order valence-corrected chi connectivity index (χ3v) is 4.50. The van der Waals surface area contributed by atoms with Crippen molar-refractivity contribution in [3.8, 4) is 0 Å². The van der Waals surface area contributed by atoms with Gasteiger partial charge in [-0.05, 0) is 43.2 Å². The summed E-state index contributed by atoms with van der Waals surface area (Å²) < 4.78 is 26.0. The summed E-state index contributed by atoms with van der Waals surface area (Å²) in [5.41, 5.74) is 2.06. The maximum atomic E-state index is 13.0. The standard InChI is InChI=1S/C19H21F2N3O/c1-13(15-10-19(20,21)11-15)24-16-7-4-5-14(9-16)18(25)23-12-17-6-2-3-8-22-17/h2-9,13,15,24H,10-12H2,1H3,(H,23,25). The first-order valence-corrected chi connectivity index (χ1v) is 8.35. The number of rotatable bonds is 6. The predicted molar refractivity (Wildman–Crippen MR) is 92.6 cm³/mol. The Morgan fingerprint density at radius 1 is 1.28 bits per heavy atom. The van der Waals surface area contributed by atoms with Gasteiger partial charge < -0.3 is 10.6 Å². The van der Waals surface area contributed by atoms with E-state index in [2.05, 4.69) is 15.6 Å². The van der Waals surface area contributed by atoms with Crippen LogP contribution in [-0.4, -0.2) is 22.9 Å². The molecule has 1 aromatic heterocycles. The van der Waals surface area contributed by atoms with Crippen molar-refractivity contribution < 1.29 is 13.6 Å². The zero-order valence-corrected chi connectivity index (χ0v) is 14.0. The zero-order chi connectivity index (χ0) is 17.9. The second-order valence-corrected chi connectivity index (χ2v) is 6.54. The number of nitrogens with zero attached hydrogens (tertiary/aromatic N) is 1. The quantitative estimate of drug-likeness (QED) is 0.836. The van der Waals surface area contributed by atoms with Gasteiger partial charge in [0, 0.05) is 36.3 Å². The predicted octanol–water partition coefficient (Wildman–Crippen LogP) is 3.86. The summed E-state index contributed by atoms with van der Waals surface area (Å²) in [6.45, 7) is 2.25. The van der Waals surface area contributed by atoms with E-state index in [4.69, 9.17) is 0 Å². The van der Waals surface area contributed by atoms with Gasteiger partial charge in [-0.25, -0.2) is 8.78 Å². The number of carbonyl (C=O) groups excluding carboxylic acids is 1. The molecule has 2 aromatic rings. The zero-order valence-electron chi connectivity index (χ0n) is 14.0. The Morgan fingerprint density at radius 3 is 2.76 bits per heavy atom. The average molecular weight is 345 g/mol. The summed E-state index contributed by atoms with van der Waals surface area (Å²) in [4.78, 5) is 16.4. The van der Waals surface area contributed by atoms with Gasteiger partial charge >= 0.3 is 0 Å². The van der Waals surface area contributed by atoms with Crippen LogP contribution in [0, 0.1) is 5.92 Å². The number of nitrogens with one attached hydrogen (secondary N) is 2. The van der Waals surface area contributed by atoms with Crippen molar-refractivity contribution >= 4 is 11.6 Å². The van der Waals surface area contributed by atoms with E-state index in [0.29, 0.717) is 12.1 Å². The van der Waals surface area contributed by atoms with Crippen LogP contribution in [0.3, 0.4) is 0 Å². The fraction of sp³-hybridized carbons (Fsp3) is 0.368. The van der Waals surface area contributed by atoms with Crippen molar-refractivity contribution in [3.63, 3.8) is 0 Å². The molecule has 132 valence electrons.